The van der Waals surface area contributed by atoms with E-state index in [1.807, 2.05) is 24.0 Å². The second kappa shape index (κ2) is 4.79. The second-order valence-corrected chi connectivity index (χ2v) is 6.82. The zero-order valence-corrected chi connectivity index (χ0v) is 8.93. The van der Waals surface area contributed by atoms with Gasteiger partial charge < -0.3 is 0 Å². The fourth-order valence-electron chi connectivity index (χ4n) is 1.12. The van der Waals surface area contributed by atoms with Gasteiger partial charge in [0.25, 0.3) is 0 Å². The minimum atomic E-state index is -1.72. The van der Waals surface area contributed by atoms with Gasteiger partial charge in [0.05, 0.1) is 0 Å². The van der Waals surface area contributed by atoms with Crippen LogP contribution < -0.4 is 0 Å². The van der Waals surface area contributed by atoms with Crippen molar-refractivity contribution >= 4 is 8.07 Å². The van der Waals surface area contributed by atoms with E-state index in [1.165, 1.54) is 0 Å². The number of hydrogen-bond donors (Lipinski definition) is 0. The van der Waals surface area contributed by atoms with Crippen LogP contribution in [0.1, 0.15) is 13.8 Å². The quantitative estimate of drug-likeness (QED) is 0.456. The van der Waals surface area contributed by atoms with Gasteiger partial charge in [-0.25, -0.2) is 0 Å². The van der Waals surface area contributed by atoms with E-state index < -0.39 is 8.07 Å². The molecule has 12 heavy (non-hydrogen) atoms. The van der Waals surface area contributed by atoms with Gasteiger partial charge >= 0.3 is 0 Å². The number of hydrogen-bond acceptors (Lipinski definition) is 0. The van der Waals surface area contributed by atoms with Crippen LogP contribution in [0.2, 0.25) is 5.54 Å². The van der Waals surface area contributed by atoms with Gasteiger partial charge in [0, 0.05) is 5.54 Å². The van der Waals surface area contributed by atoms with Crippen LogP contribution in [0.3, 0.4) is 0 Å². The largest absolute Gasteiger partial charge is 0.139 e. The Hall–Kier alpha value is -1.00. The summed E-state index contributed by atoms with van der Waals surface area (Å²) in [5.74, 6) is 6.05. The van der Waals surface area contributed by atoms with Gasteiger partial charge in [-0.2, -0.15) is 0 Å². The van der Waals surface area contributed by atoms with E-state index in [1.54, 1.807) is 0 Å². The summed E-state index contributed by atoms with van der Waals surface area (Å²) < 4.78 is 0. The van der Waals surface area contributed by atoms with Crippen molar-refractivity contribution in [3.63, 3.8) is 0 Å². The molecule has 0 radical (unpaired) electrons. The fraction of sp³-hybridized carbons (Fsp3) is 0.273. The van der Waals surface area contributed by atoms with Gasteiger partial charge in [0.2, 0.25) is 0 Å². The summed E-state index contributed by atoms with van der Waals surface area (Å²) in [4.78, 5) is 0. The molecule has 1 unspecified atom stereocenters. The predicted molar refractivity (Wildman–Crippen MR) is 59.2 cm³/mol. The van der Waals surface area contributed by atoms with E-state index in [2.05, 4.69) is 38.5 Å². The smallest absolute Gasteiger partial charge is 0.107 e. The first-order valence-corrected chi connectivity index (χ1v) is 6.30. The molecule has 0 heterocycles. The van der Waals surface area contributed by atoms with Crippen molar-refractivity contribution < 1.29 is 0 Å². The van der Waals surface area contributed by atoms with E-state index in [4.69, 9.17) is 0 Å². The summed E-state index contributed by atoms with van der Waals surface area (Å²) in [6.07, 6.45) is 0. The Morgan fingerprint density at radius 2 is 1.58 bits per heavy atom. The highest BCUT2D eigenvalue weighted by molar-refractivity contribution is 6.94. The first kappa shape index (κ1) is 11.0. The minimum Gasteiger partial charge on any atom is -0.107 e. The molecular weight excluding hydrogens is 160 g/mol. The maximum atomic E-state index is 3.83. The topological polar surface area (TPSA) is 0 Å². The van der Waals surface area contributed by atoms with Crippen molar-refractivity contribution in [1.82, 2.24) is 0 Å². The molecule has 0 aliphatic carbocycles. The molecule has 0 aromatic heterocycles. The third-order valence-electron chi connectivity index (χ3n) is 2.17. The normalized spacial score (nSPS) is 12.2. The zero-order chi connectivity index (χ0) is 9.61. The minimum absolute atomic E-state index is 0.329. The summed E-state index contributed by atoms with van der Waals surface area (Å²) in [5.41, 5.74) is 6.25. The molecule has 64 valence electrons. The lowest BCUT2D eigenvalue weighted by Gasteiger charge is -2.23. The molecule has 0 saturated carbocycles. The molecule has 1 heteroatoms. The van der Waals surface area contributed by atoms with Gasteiger partial charge in [-0.15, -0.1) is 31.6 Å². The van der Waals surface area contributed by atoms with Crippen LogP contribution in [0.15, 0.2) is 36.8 Å². The van der Waals surface area contributed by atoms with E-state index in [0.717, 1.165) is 0 Å². The molecule has 0 amide bonds. The monoisotopic (exact) mass is 176 g/mol. The average molecular weight is 176 g/mol. The van der Waals surface area contributed by atoms with Crippen molar-refractivity contribution in [3.05, 3.63) is 36.8 Å². The highest BCUT2D eigenvalue weighted by atomic mass is 28.3. The Labute approximate surface area is 76.7 Å². The molecule has 0 aromatic carbocycles. The summed E-state index contributed by atoms with van der Waals surface area (Å²) in [5, 5.41) is 0. The van der Waals surface area contributed by atoms with E-state index in [-0.39, 0.29) is 0 Å². The molecule has 0 aliphatic rings. The maximum absolute atomic E-state index is 3.83. The zero-order valence-electron chi connectivity index (χ0n) is 7.93. The van der Waals surface area contributed by atoms with Crippen LogP contribution in [0, 0.1) is 11.8 Å². The fourth-order valence-corrected chi connectivity index (χ4v) is 3.08. The van der Waals surface area contributed by atoms with Crippen molar-refractivity contribution in [2.45, 2.75) is 19.4 Å². The molecule has 0 fully saturated rings. The summed E-state index contributed by atoms with van der Waals surface area (Å²) in [7, 11) is -1.72. The van der Waals surface area contributed by atoms with Crippen molar-refractivity contribution in [3.8, 4) is 11.8 Å². The van der Waals surface area contributed by atoms with E-state index in [0.29, 0.717) is 5.54 Å². The summed E-state index contributed by atoms with van der Waals surface area (Å²) in [6, 6.07) is 0. The Morgan fingerprint density at radius 3 is 1.83 bits per heavy atom. The van der Waals surface area contributed by atoms with Crippen molar-refractivity contribution in [2.75, 3.05) is 0 Å². The lowest BCUT2D eigenvalue weighted by Crippen LogP contribution is -2.31. The van der Waals surface area contributed by atoms with Crippen LogP contribution >= 0.6 is 0 Å². The Balaban J connectivity index is 4.90. The van der Waals surface area contributed by atoms with Gasteiger partial charge in [0.1, 0.15) is 8.07 Å². The van der Waals surface area contributed by atoms with Gasteiger partial charge in [-0.05, 0) is 6.92 Å². The second-order valence-electron chi connectivity index (χ2n) is 2.73. The third kappa shape index (κ3) is 1.99. The molecule has 0 nitrogen and oxygen atoms in total. The molecule has 1 atom stereocenters. The highest BCUT2D eigenvalue weighted by Crippen LogP contribution is 2.23. The highest BCUT2D eigenvalue weighted by Gasteiger charge is 2.27. The molecule has 0 rings (SSSR count). The van der Waals surface area contributed by atoms with E-state index >= 15 is 0 Å². The predicted octanol–water partition coefficient (Wildman–Crippen LogP) is 3.02. The Kier molecular flexibility index (Phi) is 4.39. The molecule has 0 saturated heterocycles. The van der Waals surface area contributed by atoms with Crippen LogP contribution in [-0.4, -0.2) is 8.07 Å². The maximum Gasteiger partial charge on any atom is 0.139 e. The van der Waals surface area contributed by atoms with Crippen molar-refractivity contribution in [2.24, 2.45) is 0 Å². The van der Waals surface area contributed by atoms with Crippen LogP contribution in [0.25, 0.3) is 0 Å². The molecule has 0 aromatic rings. The number of rotatable bonds is 4. The van der Waals surface area contributed by atoms with Gasteiger partial charge in [-0.3, -0.25) is 0 Å². The third-order valence-corrected chi connectivity index (χ3v) is 5.94. The lowest BCUT2D eigenvalue weighted by molar-refractivity contribution is 1.20. The molecule has 0 bridgehead atoms. The standard InChI is InChI=1S/C11H16Si/c1-6-10-11(5)12(7-2,8-3)9-4/h7-9,11H,2-4H2,1,5H3. The Bertz CT molecular complexity index is 218. The van der Waals surface area contributed by atoms with Crippen LogP contribution in [0.4, 0.5) is 0 Å². The molecular formula is C11H16Si. The first-order chi connectivity index (χ1) is 5.66. The van der Waals surface area contributed by atoms with Gasteiger partial charge in [-0.1, -0.05) is 24.0 Å². The van der Waals surface area contributed by atoms with Crippen LogP contribution in [-0.2, 0) is 0 Å². The summed E-state index contributed by atoms with van der Waals surface area (Å²) in [6.45, 7) is 15.4. The lowest BCUT2D eigenvalue weighted by atomic mass is 10.5. The van der Waals surface area contributed by atoms with Crippen molar-refractivity contribution in [1.29, 1.82) is 0 Å². The first-order valence-electron chi connectivity index (χ1n) is 4.00. The SMILES string of the molecule is C=C[Si](C=C)(C=C)C(C)C#CC. The molecule has 0 spiro atoms. The molecule has 0 N–H and O–H groups in total. The average Bonchev–Trinajstić information content (AvgIpc) is 2.09. The Morgan fingerprint density at radius 1 is 1.17 bits per heavy atom. The van der Waals surface area contributed by atoms with Gasteiger partial charge in [0.15, 0.2) is 0 Å². The van der Waals surface area contributed by atoms with Crippen LogP contribution in [0.5, 0.6) is 0 Å². The molecule has 0 aliphatic heterocycles. The summed E-state index contributed by atoms with van der Waals surface area (Å²) >= 11 is 0. The van der Waals surface area contributed by atoms with E-state index in [9.17, 15) is 0 Å².